The number of rotatable bonds is 3. The van der Waals surface area contributed by atoms with E-state index in [1.165, 1.54) is 11.3 Å². The summed E-state index contributed by atoms with van der Waals surface area (Å²) in [6, 6.07) is 1.68. The molecule has 1 atom stereocenters. The molecular weight excluding hydrogens is 250 g/mol. The van der Waals surface area contributed by atoms with Crippen LogP contribution < -0.4 is 11.5 Å². The van der Waals surface area contributed by atoms with E-state index in [0.29, 0.717) is 17.0 Å². The molecule has 0 aromatic carbocycles. The molecule has 1 aliphatic rings. The predicted molar refractivity (Wildman–Crippen MR) is 70.6 cm³/mol. The summed E-state index contributed by atoms with van der Waals surface area (Å²) in [6.07, 6.45) is 3.08. The lowest BCUT2D eigenvalue weighted by Crippen LogP contribution is -2.47. The molecule has 0 aliphatic carbocycles. The summed E-state index contributed by atoms with van der Waals surface area (Å²) in [6.45, 7) is 1.23. The maximum Gasteiger partial charge on any atom is 0.264 e. The van der Waals surface area contributed by atoms with E-state index in [1.54, 1.807) is 11.4 Å². The van der Waals surface area contributed by atoms with Gasteiger partial charge in [-0.3, -0.25) is 9.59 Å². The lowest BCUT2D eigenvalue weighted by Gasteiger charge is -2.34. The Hall–Kier alpha value is -1.40. The van der Waals surface area contributed by atoms with Crippen molar-refractivity contribution in [2.24, 2.45) is 11.5 Å². The van der Waals surface area contributed by atoms with Gasteiger partial charge in [0.1, 0.15) is 0 Å². The van der Waals surface area contributed by atoms with Crippen molar-refractivity contribution >= 4 is 23.2 Å². The molecule has 0 bridgehead atoms. The third-order valence-electron chi connectivity index (χ3n) is 3.25. The lowest BCUT2D eigenvalue weighted by atomic mass is 10.0. The predicted octanol–water partition coefficient (Wildman–Crippen LogP) is 0.800. The van der Waals surface area contributed by atoms with Crippen LogP contribution in [-0.2, 0) is 0 Å². The summed E-state index contributed by atoms with van der Waals surface area (Å²) < 4.78 is 0. The van der Waals surface area contributed by atoms with Crippen molar-refractivity contribution in [3.05, 3.63) is 21.9 Å². The van der Waals surface area contributed by atoms with Gasteiger partial charge in [-0.25, -0.2) is 0 Å². The minimum absolute atomic E-state index is 0.0392. The molecule has 1 fully saturated rings. The summed E-state index contributed by atoms with van der Waals surface area (Å²) in [7, 11) is 0. The highest BCUT2D eigenvalue weighted by atomic mass is 32.1. The van der Waals surface area contributed by atoms with Crippen LogP contribution in [0.15, 0.2) is 11.4 Å². The third kappa shape index (κ3) is 2.54. The first-order chi connectivity index (χ1) is 8.63. The van der Waals surface area contributed by atoms with Gasteiger partial charge in [-0.2, -0.15) is 0 Å². The molecule has 4 N–H and O–H groups in total. The standard InChI is InChI=1S/C12H17N3O2S/c13-6-9-3-1-2-4-15(9)12(17)10-5-8(7-18-10)11(14)16/h5,7,9H,1-4,6,13H2,(H2,14,16)/t9-/m1/s1. The molecular formula is C12H17N3O2S. The first-order valence-corrected chi connectivity index (χ1v) is 6.91. The summed E-state index contributed by atoms with van der Waals surface area (Å²) in [5.41, 5.74) is 11.3. The van der Waals surface area contributed by atoms with E-state index in [0.717, 1.165) is 25.8 Å². The first-order valence-electron chi connectivity index (χ1n) is 6.03. The average molecular weight is 267 g/mol. The highest BCUT2D eigenvalue weighted by Crippen LogP contribution is 2.22. The molecule has 6 heteroatoms. The Morgan fingerprint density at radius 2 is 2.22 bits per heavy atom. The van der Waals surface area contributed by atoms with Gasteiger partial charge >= 0.3 is 0 Å². The molecule has 0 unspecified atom stereocenters. The zero-order valence-corrected chi connectivity index (χ0v) is 10.9. The van der Waals surface area contributed by atoms with E-state index in [1.807, 2.05) is 4.90 Å². The number of amides is 2. The van der Waals surface area contributed by atoms with Crippen LogP contribution >= 0.6 is 11.3 Å². The van der Waals surface area contributed by atoms with Gasteiger partial charge in [0.15, 0.2) is 0 Å². The Morgan fingerprint density at radius 1 is 1.44 bits per heavy atom. The molecule has 2 rings (SSSR count). The number of thiophene rings is 1. The highest BCUT2D eigenvalue weighted by Gasteiger charge is 2.27. The second kappa shape index (κ2) is 5.49. The van der Waals surface area contributed by atoms with Gasteiger partial charge < -0.3 is 16.4 Å². The summed E-state index contributed by atoms with van der Waals surface area (Å²) in [5.74, 6) is -0.540. The maximum atomic E-state index is 12.3. The molecule has 0 spiro atoms. The molecule has 5 nitrogen and oxygen atoms in total. The zero-order chi connectivity index (χ0) is 13.1. The van der Waals surface area contributed by atoms with Gasteiger partial charge in [0, 0.05) is 24.5 Å². The summed E-state index contributed by atoms with van der Waals surface area (Å²) in [4.78, 5) is 25.7. The Balaban J connectivity index is 2.15. The van der Waals surface area contributed by atoms with Crippen molar-refractivity contribution in [1.29, 1.82) is 0 Å². The summed E-state index contributed by atoms with van der Waals surface area (Å²) in [5, 5.41) is 1.62. The number of nitrogens with two attached hydrogens (primary N) is 2. The van der Waals surface area contributed by atoms with Crippen LogP contribution in [-0.4, -0.2) is 35.8 Å². The van der Waals surface area contributed by atoms with Gasteiger partial charge in [0.2, 0.25) is 5.91 Å². The van der Waals surface area contributed by atoms with Gasteiger partial charge in [-0.1, -0.05) is 0 Å². The van der Waals surface area contributed by atoms with E-state index in [9.17, 15) is 9.59 Å². The van der Waals surface area contributed by atoms with E-state index in [-0.39, 0.29) is 11.9 Å². The largest absolute Gasteiger partial charge is 0.366 e. The quantitative estimate of drug-likeness (QED) is 0.849. The molecule has 0 saturated carbocycles. The monoisotopic (exact) mass is 267 g/mol. The minimum Gasteiger partial charge on any atom is -0.366 e. The van der Waals surface area contributed by atoms with E-state index < -0.39 is 5.91 Å². The fourth-order valence-corrected chi connectivity index (χ4v) is 3.08. The van der Waals surface area contributed by atoms with Crippen molar-refractivity contribution in [2.75, 3.05) is 13.1 Å². The van der Waals surface area contributed by atoms with Crippen LogP contribution in [0.2, 0.25) is 0 Å². The molecule has 1 aromatic heterocycles. The van der Waals surface area contributed by atoms with E-state index in [4.69, 9.17) is 11.5 Å². The second-order valence-electron chi connectivity index (χ2n) is 4.45. The number of carbonyl (C=O) groups is 2. The van der Waals surface area contributed by atoms with Crippen molar-refractivity contribution in [2.45, 2.75) is 25.3 Å². The number of carbonyl (C=O) groups excluding carboxylic acids is 2. The SMILES string of the molecule is NC[C@H]1CCCCN1C(=O)c1cc(C(N)=O)cs1. The lowest BCUT2D eigenvalue weighted by molar-refractivity contribution is 0.0628. The Labute approximate surface area is 110 Å². The molecule has 1 saturated heterocycles. The van der Waals surface area contributed by atoms with Gasteiger partial charge in [0.05, 0.1) is 10.4 Å². The number of hydrogen-bond acceptors (Lipinski definition) is 4. The number of piperidine rings is 1. The molecule has 2 amide bonds. The average Bonchev–Trinajstić information content (AvgIpc) is 2.87. The van der Waals surface area contributed by atoms with Crippen LogP contribution in [0, 0.1) is 0 Å². The minimum atomic E-state index is -0.501. The molecule has 2 heterocycles. The molecule has 1 aromatic rings. The van der Waals surface area contributed by atoms with Gasteiger partial charge in [0.25, 0.3) is 5.91 Å². The smallest absolute Gasteiger partial charge is 0.264 e. The van der Waals surface area contributed by atoms with E-state index >= 15 is 0 Å². The van der Waals surface area contributed by atoms with Crippen molar-refractivity contribution in [1.82, 2.24) is 4.90 Å². The number of likely N-dealkylation sites (tertiary alicyclic amines) is 1. The van der Waals surface area contributed by atoms with Crippen molar-refractivity contribution in [3.8, 4) is 0 Å². The van der Waals surface area contributed by atoms with Crippen molar-refractivity contribution < 1.29 is 9.59 Å². The van der Waals surface area contributed by atoms with Crippen LogP contribution in [0.25, 0.3) is 0 Å². The van der Waals surface area contributed by atoms with E-state index in [2.05, 4.69) is 0 Å². The third-order valence-corrected chi connectivity index (χ3v) is 4.17. The summed E-state index contributed by atoms with van der Waals surface area (Å²) >= 11 is 1.26. The number of nitrogens with zero attached hydrogens (tertiary/aromatic N) is 1. The zero-order valence-electron chi connectivity index (χ0n) is 10.1. The van der Waals surface area contributed by atoms with Gasteiger partial charge in [-0.15, -0.1) is 11.3 Å². The molecule has 18 heavy (non-hydrogen) atoms. The fraction of sp³-hybridized carbons (Fsp3) is 0.500. The molecule has 0 radical (unpaired) electrons. The highest BCUT2D eigenvalue weighted by molar-refractivity contribution is 7.12. The van der Waals surface area contributed by atoms with Crippen LogP contribution in [0.5, 0.6) is 0 Å². The molecule has 1 aliphatic heterocycles. The number of primary amides is 1. The molecule has 98 valence electrons. The van der Waals surface area contributed by atoms with Crippen LogP contribution in [0.3, 0.4) is 0 Å². The van der Waals surface area contributed by atoms with Crippen molar-refractivity contribution in [3.63, 3.8) is 0 Å². The Kier molecular flexibility index (Phi) is 3.98. The maximum absolute atomic E-state index is 12.3. The first kappa shape index (κ1) is 13.0. The number of hydrogen-bond donors (Lipinski definition) is 2. The Bertz CT molecular complexity index is 458. The fourth-order valence-electron chi connectivity index (χ4n) is 2.23. The van der Waals surface area contributed by atoms with Crippen LogP contribution in [0.1, 0.15) is 39.3 Å². The normalized spacial score (nSPS) is 19.8. The van der Waals surface area contributed by atoms with Crippen LogP contribution in [0.4, 0.5) is 0 Å². The Morgan fingerprint density at radius 3 is 2.83 bits per heavy atom. The topological polar surface area (TPSA) is 89.4 Å². The second-order valence-corrected chi connectivity index (χ2v) is 5.36. The van der Waals surface area contributed by atoms with Gasteiger partial charge in [-0.05, 0) is 25.3 Å².